The summed E-state index contributed by atoms with van der Waals surface area (Å²) in [6.07, 6.45) is 3.95. The molecule has 3 rings (SSSR count). The maximum absolute atomic E-state index is 12.1. The molecule has 2 aromatic carbocycles. The number of nitrogens with one attached hydrogen (secondary N) is 1. The van der Waals surface area contributed by atoms with E-state index < -0.39 is 0 Å². The van der Waals surface area contributed by atoms with Crippen LogP contribution in [0.1, 0.15) is 26.7 Å². The van der Waals surface area contributed by atoms with E-state index in [4.69, 9.17) is 4.74 Å². The Labute approximate surface area is 154 Å². The highest BCUT2D eigenvalue weighted by atomic mass is 16.5. The SMILES string of the molecule is C=C(C)[C@@H]1CC=C(C)/C(=N/NC(=O)COc2cccc3ccccc23)C1. The number of benzene rings is 2. The second kappa shape index (κ2) is 8.00. The molecule has 0 aromatic heterocycles. The van der Waals surface area contributed by atoms with Gasteiger partial charge < -0.3 is 4.74 Å². The standard InChI is InChI=1S/C22H24N2O2/c1-15(2)18-12-11-16(3)20(13-18)23-24-22(25)14-26-21-10-6-8-17-7-4-5-9-19(17)21/h4-11,18H,1,12-14H2,2-3H3,(H,24,25)/b23-20+/t18-/m1/s1. The minimum absolute atomic E-state index is 0.0720. The van der Waals surface area contributed by atoms with Gasteiger partial charge >= 0.3 is 0 Å². The van der Waals surface area contributed by atoms with Gasteiger partial charge in [0.25, 0.3) is 5.91 Å². The quantitative estimate of drug-likeness (QED) is 0.633. The number of fused-ring (bicyclic) bond motifs is 1. The van der Waals surface area contributed by atoms with Crippen LogP contribution in [-0.4, -0.2) is 18.2 Å². The van der Waals surface area contributed by atoms with Gasteiger partial charge in [-0.15, -0.1) is 0 Å². The molecule has 1 aliphatic carbocycles. The highest BCUT2D eigenvalue weighted by molar-refractivity contribution is 6.01. The van der Waals surface area contributed by atoms with Gasteiger partial charge in [-0.05, 0) is 49.6 Å². The third-order valence-electron chi connectivity index (χ3n) is 4.72. The Morgan fingerprint density at radius 2 is 2.04 bits per heavy atom. The summed E-state index contributed by atoms with van der Waals surface area (Å²) < 4.78 is 5.70. The number of rotatable bonds is 5. The third-order valence-corrected chi connectivity index (χ3v) is 4.72. The van der Waals surface area contributed by atoms with Crippen LogP contribution in [0.2, 0.25) is 0 Å². The van der Waals surface area contributed by atoms with Gasteiger partial charge in [0.1, 0.15) is 5.75 Å². The highest BCUT2D eigenvalue weighted by Crippen LogP contribution is 2.26. The zero-order chi connectivity index (χ0) is 18.5. The number of hydrogen-bond acceptors (Lipinski definition) is 3. The first-order valence-electron chi connectivity index (χ1n) is 8.83. The Morgan fingerprint density at radius 1 is 1.27 bits per heavy atom. The second-order valence-electron chi connectivity index (χ2n) is 6.73. The van der Waals surface area contributed by atoms with Gasteiger partial charge in [-0.1, -0.05) is 54.6 Å². The van der Waals surface area contributed by atoms with Gasteiger partial charge in [0.05, 0.1) is 5.71 Å². The minimum Gasteiger partial charge on any atom is -0.483 e. The number of amides is 1. The van der Waals surface area contributed by atoms with Crippen molar-refractivity contribution in [3.8, 4) is 5.75 Å². The van der Waals surface area contributed by atoms with E-state index in [1.807, 2.05) is 56.3 Å². The van der Waals surface area contributed by atoms with Crippen LogP contribution in [-0.2, 0) is 4.79 Å². The van der Waals surface area contributed by atoms with Crippen molar-refractivity contribution in [2.45, 2.75) is 26.7 Å². The first-order chi connectivity index (χ1) is 12.5. The zero-order valence-electron chi connectivity index (χ0n) is 15.3. The topological polar surface area (TPSA) is 50.7 Å². The van der Waals surface area contributed by atoms with Crippen LogP contribution in [0.4, 0.5) is 0 Å². The summed E-state index contributed by atoms with van der Waals surface area (Å²) >= 11 is 0. The van der Waals surface area contributed by atoms with E-state index in [1.165, 1.54) is 0 Å². The summed E-state index contributed by atoms with van der Waals surface area (Å²) in [5.41, 5.74) is 5.77. The van der Waals surface area contributed by atoms with Crippen molar-refractivity contribution in [3.05, 3.63) is 66.3 Å². The van der Waals surface area contributed by atoms with Crippen molar-refractivity contribution in [1.29, 1.82) is 0 Å². The van der Waals surface area contributed by atoms with E-state index >= 15 is 0 Å². The Balaban J connectivity index is 1.61. The lowest BCUT2D eigenvalue weighted by atomic mass is 9.85. The fourth-order valence-corrected chi connectivity index (χ4v) is 3.05. The molecule has 2 aromatic rings. The van der Waals surface area contributed by atoms with Crippen molar-refractivity contribution in [3.63, 3.8) is 0 Å². The molecule has 1 aliphatic rings. The molecule has 0 fully saturated rings. The fraction of sp³-hybridized carbons (Fsp3) is 0.273. The molecule has 0 spiro atoms. The first kappa shape index (κ1) is 17.9. The average Bonchev–Trinajstić information content (AvgIpc) is 2.65. The second-order valence-corrected chi connectivity index (χ2v) is 6.73. The molecule has 1 amide bonds. The molecule has 0 saturated heterocycles. The highest BCUT2D eigenvalue weighted by Gasteiger charge is 2.18. The Hall–Kier alpha value is -2.88. The number of hydrazone groups is 1. The van der Waals surface area contributed by atoms with Crippen LogP contribution in [0.5, 0.6) is 5.75 Å². The van der Waals surface area contributed by atoms with Crippen LogP contribution in [0, 0.1) is 5.92 Å². The van der Waals surface area contributed by atoms with Crippen LogP contribution >= 0.6 is 0 Å². The summed E-state index contributed by atoms with van der Waals surface area (Å²) in [6.45, 7) is 8.01. The van der Waals surface area contributed by atoms with Gasteiger partial charge in [-0.25, -0.2) is 5.43 Å². The summed E-state index contributed by atoms with van der Waals surface area (Å²) in [7, 11) is 0. The molecule has 4 heteroatoms. The van der Waals surface area contributed by atoms with E-state index in [9.17, 15) is 4.79 Å². The fourth-order valence-electron chi connectivity index (χ4n) is 3.05. The third kappa shape index (κ3) is 4.20. The molecule has 1 N–H and O–H groups in total. The number of carbonyl (C=O) groups excluding carboxylic acids is 1. The van der Waals surface area contributed by atoms with Crippen LogP contribution in [0.15, 0.2) is 71.4 Å². The number of hydrogen-bond donors (Lipinski definition) is 1. The predicted octanol–water partition coefficient (Wildman–Crippen LogP) is 4.62. The van der Waals surface area contributed by atoms with Gasteiger partial charge in [-0.3, -0.25) is 4.79 Å². The van der Waals surface area contributed by atoms with Gasteiger partial charge in [0.2, 0.25) is 0 Å². The number of carbonyl (C=O) groups is 1. The number of ether oxygens (including phenoxy) is 1. The van der Waals surface area contributed by atoms with Crippen LogP contribution in [0.3, 0.4) is 0 Å². The van der Waals surface area contributed by atoms with Crippen molar-refractivity contribution in [2.75, 3.05) is 6.61 Å². The molecule has 26 heavy (non-hydrogen) atoms. The molecule has 4 nitrogen and oxygen atoms in total. The van der Waals surface area contributed by atoms with Gasteiger partial charge in [0.15, 0.2) is 6.61 Å². The Morgan fingerprint density at radius 3 is 2.85 bits per heavy atom. The van der Waals surface area contributed by atoms with E-state index in [1.54, 1.807) is 0 Å². The molecule has 0 heterocycles. The van der Waals surface area contributed by atoms with Crippen molar-refractivity contribution < 1.29 is 9.53 Å². The lowest BCUT2D eigenvalue weighted by Gasteiger charge is -2.22. The average molecular weight is 348 g/mol. The van der Waals surface area contributed by atoms with E-state index in [0.717, 1.165) is 40.5 Å². The molecule has 1 atom stereocenters. The molecular formula is C22H24N2O2. The maximum Gasteiger partial charge on any atom is 0.277 e. The summed E-state index contributed by atoms with van der Waals surface area (Å²) in [5.74, 6) is 0.818. The predicted molar refractivity (Wildman–Crippen MR) is 106 cm³/mol. The molecule has 0 aliphatic heterocycles. The van der Waals surface area contributed by atoms with E-state index in [-0.39, 0.29) is 12.5 Å². The van der Waals surface area contributed by atoms with E-state index in [2.05, 4.69) is 23.2 Å². The van der Waals surface area contributed by atoms with Crippen LogP contribution in [0.25, 0.3) is 10.8 Å². The molecule has 134 valence electrons. The molecular weight excluding hydrogens is 324 g/mol. The molecule has 0 unspecified atom stereocenters. The number of nitrogens with zero attached hydrogens (tertiary/aromatic N) is 1. The monoisotopic (exact) mass is 348 g/mol. The van der Waals surface area contributed by atoms with Crippen molar-refractivity contribution in [2.24, 2.45) is 11.0 Å². The van der Waals surface area contributed by atoms with Crippen molar-refractivity contribution in [1.82, 2.24) is 5.43 Å². The zero-order valence-corrected chi connectivity index (χ0v) is 15.3. The van der Waals surface area contributed by atoms with Gasteiger partial charge in [-0.2, -0.15) is 5.10 Å². The molecule has 0 bridgehead atoms. The number of allylic oxidation sites excluding steroid dienone is 3. The smallest absolute Gasteiger partial charge is 0.277 e. The first-order valence-corrected chi connectivity index (χ1v) is 8.83. The van der Waals surface area contributed by atoms with Gasteiger partial charge in [0, 0.05) is 5.39 Å². The van der Waals surface area contributed by atoms with Crippen LogP contribution < -0.4 is 10.2 Å². The van der Waals surface area contributed by atoms with Crippen molar-refractivity contribution >= 4 is 22.4 Å². The lowest BCUT2D eigenvalue weighted by molar-refractivity contribution is -0.123. The summed E-state index contributed by atoms with van der Waals surface area (Å²) in [5, 5.41) is 6.37. The summed E-state index contributed by atoms with van der Waals surface area (Å²) in [4.78, 5) is 12.1. The normalized spacial score (nSPS) is 18.5. The molecule has 0 saturated carbocycles. The Bertz CT molecular complexity index is 891. The lowest BCUT2D eigenvalue weighted by Crippen LogP contribution is -2.27. The van der Waals surface area contributed by atoms with E-state index in [0.29, 0.717) is 11.7 Å². The summed E-state index contributed by atoms with van der Waals surface area (Å²) in [6, 6.07) is 13.7. The maximum atomic E-state index is 12.1. The molecule has 0 radical (unpaired) electrons. The minimum atomic E-state index is -0.268. The largest absolute Gasteiger partial charge is 0.483 e. The Kier molecular flexibility index (Phi) is 5.52.